The van der Waals surface area contributed by atoms with Crippen LogP contribution in [-0.2, 0) is 17.7 Å². The summed E-state index contributed by atoms with van der Waals surface area (Å²) in [6.45, 7) is 7.35. The van der Waals surface area contributed by atoms with Gasteiger partial charge < -0.3 is 10.5 Å². The quantitative estimate of drug-likeness (QED) is 0.859. The summed E-state index contributed by atoms with van der Waals surface area (Å²) in [7, 11) is 0. The summed E-state index contributed by atoms with van der Waals surface area (Å²) in [4.78, 5) is 4.32. The average molecular weight is 252 g/mol. The van der Waals surface area contributed by atoms with Gasteiger partial charge >= 0.3 is 0 Å². The molecular formula is C13H24N4O. The van der Waals surface area contributed by atoms with Crippen LogP contribution in [0.3, 0.4) is 0 Å². The van der Waals surface area contributed by atoms with E-state index in [0.717, 1.165) is 31.6 Å². The number of aromatic nitrogens is 3. The first-order valence-electron chi connectivity index (χ1n) is 6.84. The number of hydrogen-bond acceptors (Lipinski definition) is 4. The van der Waals surface area contributed by atoms with E-state index < -0.39 is 0 Å². The van der Waals surface area contributed by atoms with E-state index in [1.807, 2.05) is 4.68 Å². The second-order valence-corrected chi connectivity index (χ2v) is 5.68. The molecule has 1 fully saturated rings. The maximum absolute atomic E-state index is 6.23. The van der Waals surface area contributed by atoms with Crippen LogP contribution in [0.15, 0.2) is 6.33 Å². The van der Waals surface area contributed by atoms with Crippen molar-refractivity contribution in [1.82, 2.24) is 14.8 Å². The van der Waals surface area contributed by atoms with Crippen molar-refractivity contribution in [2.24, 2.45) is 11.7 Å². The van der Waals surface area contributed by atoms with Crippen molar-refractivity contribution in [3.63, 3.8) is 0 Å². The summed E-state index contributed by atoms with van der Waals surface area (Å²) in [5.41, 5.74) is 6.23. The molecule has 1 aliphatic heterocycles. The van der Waals surface area contributed by atoms with Gasteiger partial charge in [0.2, 0.25) is 0 Å². The van der Waals surface area contributed by atoms with Gasteiger partial charge in [-0.15, -0.1) is 0 Å². The molecule has 3 atom stereocenters. The summed E-state index contributed by atoms with van der Waals surface area (Å²) in [6, 6.07) is 0.0186. The molecule has 0 radical (unpaired) electrons. The molecule has 1 aromatic heterocycles. The molecule has 1 aliphatic rings. The molecule has 0 saturated carbocycles. The smallest absolute Gasteiger partial charge is 0.138 e. The zero-order chi connectivity index (χ0) is 13.1. The van der Waals surface area contributed by atoms with Gasteiger partial charge in [-0.3, -0.25) is 0 Å². The molecule has 5 heteroatoms. The lowest BCUT2D eigenvalue weighted by molar-refractivity contribution is 0.0398. The average Bonchev–Trinajstić information content (AvgIpc) is 2.88. The topological polar surface area (TPSA) is 66.0 Å². The Kier molecular flexibility index (Phi) is 4.35. The molecule has 0 aromatic carbocycles. The first kappa shape index (κ1) is 13.5. The number of rotatable bonds is 5. The molecule has 1 saturated heterocycles. The second kappa shape index (κ2) is 5.80. The van der Waals surface area contributed by atoms with Crippen molar-refractivity contribution < 1.29 is 4.74 Å². The van der Waals surface area contributed by atoms with E-state index >= 15 is 0 Å². The van der Waals surface area contributed by atoms with E-state index in [0.29, 0.717) is 12.0 Å². The Labute approximate surface area is 109 Å². The van der Waals surface area contributed by atoms with Crippen LogP contribution >= 0.6 is 0 Å². The third kappa shape index (κ3) is 3.29. The Morgan fingerprint density at radius 2 is 2.28 bits per heavy atom. The van der Waals surface area contributed by atoms with Crippen LogP contribution in [-0.4, -0.2) is 33.0 Å². The number of nitrogens with two attached hydrogens (primary N) is 1. The maximum Gasteiger partial charge on any atom is 0.138 e. The van der Waals surface area contributed by atoms with Crippen molar-refractivity contribution in [3.8, 4) is 0 Å². The minimum Gasteiger partial charge on any atom is -0.374 e. The van der Waals surface area contributed by atoms with E-state index in [1.165, 1.54) is 0 Å². The van der Waals surface area contributed by atoms with Crippen LogP contribution in [0.5, 0.6) is 0 Å². The number of ether oxygens (including phenoxy) is 1. The fourth-order valence-corrected chi connectivity index (χ4v) is 2.44. The highest BCUT2D eigenvalue weighted by Crippen LogP contribution is 2.22. The van der Waals surface area contributed by atoms with Gasteiger partial charge in [-0.25, -0.2) is 9.67 Å². The standard InChI is InChI=1S/C13H24N4O/c1-9(2)7-17-13(15-8-16-17)6-11(14)12-5-4-10(3)18-12/h8-12H,4-7,14H2,1-3H3. The van der Waals surface area contributed by atoms with Crippen LogP contribution in [0, 0.1) is 5.92 Å². The highest BCUT2D eigenvalue weighted by Gasteiger charge is 2.28. The van der Waals surface area contributed by atoms with Gasteiger partial charge in [0.25, 0.3) is 0 Å². The molecule has 2 heterocycles. The molecule has 18 heavy (non-hydrogen) atoms. The summed E-state index contributed by atoms with van der Waals surface area (Å²) in [5, 5.41) is 4.26. The molecule has 1 aromatic rings. The predicted molar refractivity (Wildman–Crippen MR) is 70.1 cm³/mol. The minimum atomic E-state index is 0.0186. The van der Waals surface area contributed by atoms with Gasteiger partial charge in [0.05, 0.1) is 12.2 Å². The SMILES string of the molecule is CC(C)Cn1ncnc1CC(N)C1CCC(C)O1. The third-order valence-corrected chi connectivity index (χ3v) is 3.39. The number of hydrogen-bond donors (Lipinski definition) is 1. The number of nitrogens with zero attached hydrogens (tertiary/aromatic N) is 3. The summed E-state index contributed by atoms with van der Waals surface area (Å²) < 4.78 is 7.77. The van der Waals surface area contributed by atoms with E-state index in [1.54, 1.807) is 6.33 Å². The lowest BCUT2D eigenvalue weighted by Gasteiger charge is -2.19. The first-order chi connectivity index (χ1) is 8.56. The van der Waals surface area contributed by atoms with Crippen molar-refractivity contribution in [1.29, 1.82) is 0 Å². The van der Waals surface area contributed by atoms with E-state index in [4.69, 9.17) is 10.5 Å². The van der Waals surface area contributed by atoms with E-state index in [-0.39, 0.29) is 12.1 Å². The molecule has 2 rings (SSSR count). The lowest BCUT2D eigenvalue weighted by atomic mass is 10.0. The van der Waals surface area contributed by atoms with Crippen molar-refractivity contribution >= 4 is 0 Å². The van der Waals surface area contributed by atoms with E-state index in [2.05, 4.69) is 30.9 Å². The van der Waals surface area contributed by atoms with Crippen LogP contribution in [0.1, 0.15) is 39.4 Å². The fraction of sp³-hybridized carbons (Fsp3) is 0.846. The second-order valence-electron chi connectivity index (χ2n) is 5.68. The van der Waals surface area contributed by atoms with Gasteiger partial charge in [-0.2, -0.15) is 5.10 Å². The largest absolute Gasteiger partial charge is 0.374 e. The van der Waals surface area contributed by atoms with Crippen LogP contribution < -0.4 is 5.73 Å². The zero-order valence-corrected chi connectivity index (χ0v) is 11.5. The van der Waals surface area contributed by atoms with Crippen LogP contribution in [0.25, 0.3) is 0 Å². The van der Waals surface area contributed by atoms with Gasteiger partial charge in [-0.1, -0.05) is 13.8 Å². The Bertz CT molecular complexity index is 377. The molecule has 0 spiro atoms. The first-order valence-corrected chi connectivity index (χ1v) is 6.84. The molecule has 0 aliphatic carbocycles. The Morgan fingerprint density at radius 3 is 2.89 bits per heavy atom. The molecule has 2 N–H and O–H groups in total. The van der Waals surface area contributed by atoms with Gasteiger partial charge in [-0.05, 0) is 25.7 Å². The molecule has 5 nitrogen and oxygen atoms in total. The lowest BCUT2D eigenvalue weighted by Crippen LogP contribution is -2.37. The molecule has 0 amide bonds. The Morgan fingerprint density at radius 1 is 1.50 bits per heavy atom. The van der Waals surface area contributed by atoms with Gasteiger partial charge in [0, 0.05) is 19.0 Å². The normalized spacial score (nSPS) is 25.8. The molecule has 3 unspecified atom stereocenters. The Balaban J connectivity index is 1.94. The van der Waals surface area contributed by atoms with Crippen molar-refractivity contribution in [2.45, 2.75) is 64.8 Å². The van der Waals surface area contributed by atoms with E-state index in [9.17, 15) is 0 Å². The van der Waals surface area contributed by atoms with Crippen LogP contribution in [0.2, 0.25) is 0 Å². The summed E-state index contributed by atoms with van der Waals surface area (Å²) in [5.74, 6) is 1.53. The molecule has 0 bridgehead atoms. The molecule has 102 valence electrons. The summed E-state index contributed by atoms with van der Waals surface area (Å²) >= 11 is 0. The highest BCUT2D eigenvalue weighted by molar-refractivity contribution is 4.93. The van der Waals surface area contributed by atoms with Crippen molar-refractivity contribution in [3.05, 3.63) is 12.2 Å². The third-order valence-electron chi connectivity index (χ3n) is 3.39. The highest BCUT2D eigenvalue weighted by atomic mass is 16.5. The van der Waals surface area contributed by atoms with Crippen LogP contribution in [0.4, 0.5) is 0 Å². The fourth-order valence-electron chi connectivity index (χ4n) is 2.44. The zero-order valence-electron chi connectivity index (χ0n) is 11.5. The Hall–Kier alpha value is -0.940. The van der Waals surface area contributed by atoms with Crippen molar-refractivity contribution in [2.75, 3.05) is 0 Å². The minimum absolute atomic E-state index is 0.0186. The van der Waals surface area contributed by atoms with Gasteiger partial charge in [0.15, 0.2) is 0 Å². The predicted octanol–water partition coefficient (Wildman–Crippen LogP) is 1.37. The molecular weight excluding hydrogens is 228 g/mol. The summed E-state index contributed by atoms with van der Waals surface area (Å²) in [6.07, 6.45) is 5.03. The van der Waals surface area contributed by atoms with Gasteiger partial charge in [0.1, 0.15) is 12.2 Å². The monoisotopic (exact) mass is 252 g/mol. The maximum atomic E-state index is 6.23.